The highest BCUT2D eigenvalue weighted by Gasteiger charge is 2.41. The first-order chi connectivity index (χ1) is 17.3. The fraction of sp³-hybridized carbons (Fsp3) is 0.417. The monoisotopic (exact) mass is 569 g/mol. The van der Waals surface area contributed by atoms with Crippen LogP contribution in [0, 0.1) is 12.3 Å². The van der Waals surface area contributed by atoms with Crippen LogP contribution in [0.3, 0.4) is 0 Å². The highest BCUT2D eigenvalue weighted by molar-refractivity contribution is 9.10. The lowest BCUT2D eigenvalue weighted by atomic mass is 9.87. The van der Waals surface area contributed by atoms with Crippen molar-refractivity contribution in [3.8, 4) is 16.3 Å². The third-order valence-corrected chi connectivity index (χ3v) is 8.19. The Morgan fingerprint density at radius 3 is 2.92 bits per heavy atom. The third kappa shape index (κ3) is 4.60. The minimum absolute atomic E-state index is 0.0746. The van der Waals surface area contributed by atoms with E-state index in [-0.39, 0.29) is 17.4 Å². The minimum Gasteiger partial charge on any atom is -0.359 e. The standard InChI is InChI=1S/C24H28BrN9OS/c1-13-31-32-21(36-13)17-5-4-16(10-14(17)7-9-26)34-20-18(19(25)33-34)12-28-23(30-20)29-15-6-8-24(2,11-15)22(35)27-3/h4-5,10,12,15H,6-9,11,26H2,1-3H3,(H,27,35)(H,28,29,30)/t15-,24-/m1/s1. The van der Waals surface area contributed by atoms with Crippen molar-refractivity contribution >= 4 is 50.2 Å². The normalized spacial score (nSPS) is 19.6. The Bertz CT molecular complexity index is 1430. The first kappa shape index (κ1) is 24.7. The average Bonchev–Trinajstić information content (AvgIpc) is 3.56. The molecule has 2 atom stereocenters. The van der Waals surface area contributed by atoms with Gasteiger partial charge in [0, 0.05) is 30.3 Å². The van der Waals surface area contributed by atoms with Crippen LogP contribution in [-0.4, -0.2) is 55.5 Å². The molecule has 4 N–H and O–H groups in total. The number of benzene rings is 1. The zero-order valence-corrected chi connectivity index (χ0v) is 22.8. The first-order valence-corrected chi connectivity index (χ1v) is 13.5. The van der Waals surface area contributed by atoms with E-state index in [2.05, 4.69) is 47.8 Å². The number of fused-ring (bicyclic) bond motifs is 1. The molecule has 4 aromatic rings. The Hall–Kier alpha value is -2.96. The summed E-state index contributed by atoms with van der Waals surface area (Å²) in [5.41, 5.74) is 9.21. The van der Waals surface area contributed by atoms with Gasteiger partial charge in [0.05, 0.1) is 11.1 Å². The van der Waals surface area contributed by atoms with Gasteiger partial charge in [-0.1, -0.05) is 18.3 Å². The summed E-state index contributed by atoms with van der Waals surface area (Å²) in [6.45, 7) is 4.47. The topological polar surface area (TPSA) is 137 Å². The molecular formula is C24H28BrN9OS. The highest BCUT2D eigenvalue weighted by Crippen LogP contribution is 2.39. The molecule has 12 heteroatoms. The molecule has 1 aliphatic carbocycles. The Morgan fingerprint density at radius 1 is 1.36 bits per heavy atom. The fourth-order valence-electron chi connectivity index (χ4n) is 4.86. The number of aromatic nitrogens is 6. The molecule has 0 aliphatic heterocycles. The van der Waals surface area contributed by atoms with E-state index in [1.807, 2.05) is 30.7 Å². The molecule has 36 heavy (non-hydrogen) atoms. The van der Waals surface area contributed by atoms with E-state index in [4.69, 9.17) is 15.8 Å². The molecule has 1 aliphatic rings. The Labute approximate surface area is 221 Å². The summed E-state index contributed by atoms with van der Waals surface area (Å²) in [5.74, 6) is 0.594. The van der Waals surface area contributed by atoms with Crippen LogP contribution in [-0.2, 0) is 11.2 Å². The number of carbonyl (C=O) groups excluding carboxylic acids is 1. The Morgan fingerprint density at radius 2 is 2.19 bits per heavy atom. The second-order valence-corrected chi connectivity index (χ2v) is 11.3. The molecule has 1 saturated carbocycles. The largest absolute Gasteiger partial charge is 0.359 e. The maximum Gasteiger partial charge on any atom is 0.225 e. The summed E-state index contributed by atoms with van der Waals surface area (Å²) in [5, 5.41) is 22.0. The Balaban J connectivity index is 1.48. The van der Waals surface area contributed by atoms with Gasteiger partial charge in [0.25, 0.3) is 0 Å². The number of nitrogens with one attached hydrogen (secondary N) is 2. The van der Waals surface area contributed by atoms with Crippen LogP contribution in [0.2, 0.25) is 0 Å². The number of anilines is 1. The maximum atomic E-state index is 12.3. The number of hydrogen-bond donors (Lipinski definition) is 3. The van der Waals surface area contributed by atoms with E-state index in [0.29, 0.717) is 29.2 Å². The molecule has 0 bridgehead atoms. The SMILES string of the molecule is CNC(=O)[C@]1(C)CC[C@@H](Nc2ncc3c(Br)nn(-c4ccc(-c5nnc(C)s5)c(CCN)c4)c3n2)C1. The molecule has 3 aromatic heterocycles. The lowest BCUT2D eigenvalue weighted by Gasteiger charge is -2.22. The quantitative estimate of drug-likeness (QED) is 0.307. The smallest absolute Gasteiger partial charge is 0.225 e. The zero-order valence-electron chi connectivity index (χ0n) is 20.4. The van der Waals surface area contributed by atoms with Gasteiger partial charge in [0.1, 0.15) is 14.6 Å². The number of aryl methyl sites for hydroxylation is 1. The summed E-state index contributed by atoms with van der Waals surface area (Å²) >= 11 is 5.12. The predicted octanol–water partition coefficient (Wildman–Crippen LogP) is 3.62. The zero-order chi connectivity index (χ0) is 25.4. The number of carbonyl (C=O) groups is 1. The number of amides is 1. The number of halogens is 1. The van der Waals surface area contributed by atoms with E-state index >= 15 is 0 Å². The van der Waals surface area contributed by atoms with Gasteiger partial charge < -0.3 is 16.4 Å². The van der Waals surface area contributed by atoms with Gasteiger partial charge in [0.15, 0.2) is 5.65 Å². The van der Waals surface area contributed by atoms with Crippen molar-refractivity contribution in [1.82, 2.24) is 35.3 Å². The highest BCUT2D eigenvalue weighted by atomic mass is 79.9. The van der Waals surface area contributed by atoms with Gasteiger partial charge in [-0.15, -0.1) is 10.2 Å². The van der Waals surface area contributed by atoms with Crippen molar-refractivity contribution in [2.75, 3.05) is 18.9 Å². The van der Waals surface area contributed by atoms with Crippen LogP contribution < -0.4 is 16.4 Å². The average molecular weight is 571 g/mol. The number of hydrogen-bond acceptors (Lipinski definition) is 9. The van der Waals surface area contributed by atoms with Crippen molar-refractivity contribution in [2.24, 2.45) is 11.1 Å². The van der Waals surface area contributed by atoms with Gasteiger partial charge in [-0.2, -0.15) is 10.1 Å². The van der Waals surface area contributed by atoms with Gasteiger partial charge in [0.2, 0.25) is 11.9 Å². The number of nitrogens with zero attached hydrogens (tertiary/aromatic N) is 6. The molecule has 1 amide bonds. The van der Waals surface area contributed by atoms with Crippen LogP contribution in [0.25, 0.3) is 27.3 Å². The molecular weight excluding hydrogens is 542 g/mol. The van der Waals surface area contributed by atoms with Crippen LogP contribution >= 0.6 is 27.3 Å². The summed E-state index contributed by atoms with van der Waals surface area (Å²) in [7, 11) is 1.69. The van der Waals surface area contributed by atoms with Gasteiger partial charge in [-0.3, -0.25) is 4.79 Å². The second kappa shape index (κ2) is 9.83. The molecule has 0 saturated heterocycles. The molecule has 3 heterocycles. The van der Waals surface area contributed by atoms with E-state index in [9.17, 15) is 4.79 Å². The van der Waals surface area contributed by atoms with Crippen molar-refractivity contribution < 1.29 is 4.79 Å². The number of nitrogens with two attached hydrogens (primary N) is 1. The third-order valence-electron chi connectivity index (χ3n) is 6.73. The number of rotatable bonds is 7. The molecule has 1 fully saturated rings. The molecule has 0 spiro atoms. The van der Waals surface area contributed by atoms with Crippen LogP contribution in [0.15, 0.2) is 29.0 Å². The molecule has 188 valence electrons. The van der Waals surface area contributed by atoms with E-state index < -0.39 is 0 Å². The van der Waals surface area contributed by atoms with E-state index in [1.54, 1.807) is 24.6 Å². The molecule has 5 rings (SSSR count). The summed E-state index contributed by atoms with van der Waals surface area (Å²) in [6.07, 6.45) is 4.90. The van der Waals surface area contributed by atoms with Gasteiger partial charge in [-0.25, -0.2) is 9.67 Å². The van der Waals surface area contributed by atoms with E-state index in [1.165, 1.54) is 0 Å². The van der Waals surface area contributed by atoms with Crippen molar-refractivity contribution in [3.63, 3.8) is 0 Å². The van der Waals surface area contributed by atoms with Gasteiger partial charge in [-0.05, 0) is 78.8 Å². The van der Waals surface area contributed by atoms with Crippen molar-refractivity contribution in [2.45, 2.75) is 45.6 Å². The second-order valence-electron chi connectivity index (χ2n) is 9.36. The van der Waals surface area contributed by atoms with Gasteiger partial charge >= 0.3 is 0 Å². The molecule has 1 aromatic carbocycles. The van der Waals surface area contributed by atoms with Crippen molar-refractivity contribution in [3.05, 3.63) is 39.6 Å². The molecule has 10 nitrogen and oxygen atoms in total. The van der Waals surface area contributed by atoms with Crippen molar-refractivity contribution in [1.29, 1.82) is 0 Å². The van der Waals surface area contributed by atoms with Crippen LogP contribution in [0.5, 0.6) is 0 Å². The van der Waals surface area contributed by atoms with E-state index in [0.717, 1.165) is 51.5 Å². The maximum absolute atomic E-state index is 12.3. The predicted molar refractivity (Wildman–Crippen MR) is 144 cm³/mol. The molecule has 0 radical (unpaired) electrons. The summed E-state index contributed by atoms with van der Waals surface area (Å²) in [6, 6.07) is 6.25. The Kier molecular flexibility index (Phi) is 6.75. The lowest BCUT2D eigenvalue weighted by molar-refractivity contribution is -0.129. The fourth-order valence-corrected chi connectivity index (χ4v) is 6.05. The first-order valence-electron chi connectivity index (χ1n) is 11.8. The molecule has 0 unspecified atom stereocenters. The lowest BCUT2D eigenvalue weighted by Crippen LogP contribution is -2.35. The van der Waals surface area contributed by atoms with Crippen LogP contribution in [0.1, 0.15) is 36.8 Å². The minimum atomic E-state index is -0.381. The summed E-state index contributed by atoms with van der Waals surface area (Å²) in [4.78, 5) is 21.6. The summed E-state index contributed by atoms with van der Waals surface area (Å²) < 4.78 is 2.48. The van der Waals surface area contributed by atoms with Crippen LogP contribution in [0.4, 0.5) is 5.95 Å².